The molecule has 0 fully saturated rings. The normalized spacial score (nSPS) is 14.5. The number of carbonyl (C=O) groups excluding carboxylic acids is 2. The maximum atomic E-state index is 13.1. The number of hydrogen-bond acceptors (Lipinski definition) is 5. The molecule has 204 valence electrons. The second-order valence-corrected chi connectivity index (χ2v) is 10.0. The molecule has 0 radical (unpaired) electrons. The fourth-order valence-corrected chi connectivity index (χ4v) is 5.07. The van der Waals surface area contributed by atoms with Crippen LogP contribution >= 0.6 is 0 Å². The van der Waals surface area contributed by atoms with Gasteiger partial charge in [0.15, 0.2) is 0 Å². The Morgan fingerprint density at radius 1 is 0.881 bits per heavy atom. The number of likely N-dealkylation sites (N-methyl/N-ethyl adjacent to an activating group) is 1. The molecule has 0 saturated heterocycles. The molecule has 4 aromatic carbocycles. The molecule has 42 heavy (non-hydrogen) atoms. The smallest absolute Gasteiger partial charge is 0.271 e. The number of nitriles is 1. The third kappa shape index (κ3) is 4.87. The molecule has 0 N–H and O–H groups in total. The minimum atomic E-state index is -0.601. The van der Waals surface area contributed by atoms with Gasteiger partial charge in [0.1, 0.15) is 24.0 Å². The SMILES string of the molecule is CC1=C(C#N)C(=O)N(C)C(=O)/C1=C/c1cn(-c2ccccc2)nc1-c1ccc(OCc2cccc3ccccc23)cc1. The number of rotatable bonds is 6. The van der Waals surface area contributed by atoms with Crippen LogP contribution in [0.2, 0.25) is 0 Å². The standard InChI is InChI=1S/C35H26N4O3/c1-23-31(34(40)38(2)35(41)32(23)20-36)19-27-21-39(28-12-4-3-5-13-28)37-33(27)25-15-17-29(18-16-25)42-22-26-11-8-10-24-9-6-7-14-30(24)26/h3-19,21H,22H2,1-2H3/b31-19+. The van der Waals surface area contributed by atoms with Gasteiger partial charge < -0.3 is 4.74 Å². The number of ether oxygens (including phenoxy) is 1. The number of aromatic nitrogens is 2. The number of imide groups is 1. The minimum Gasteiger partial charge on any atom is -0.489 e. The highest BCUT2D eigenvalue weighted by Crippen LogP contribution is 2.32. The van der Waals surface area contributed by atoms with E-state index in [4.69, 9.17) is 9.84 Å². The largest absolute Gasteiger partial charge is 0.489 e. The van der Waals surface area contributed by atoms with E-state index in [9.17, 15) is 14.9 Å². The number of amides is 2. The highest BCUT2D eigenvalue weighted by atomic mass is 16.5. The topological polar surface area (TPSA) is 88.2 Å². The highest BCUT2D eigenvalue weighted by Gasteiger charge is 2.33. The van der Waals surface area contributed by atoms with E-state index in [2.05, 4.69) is 24.3 Å². The van der Waals surface area contributed by atoms with Crippen LogP contribution in [0.4, 0.5) is 0 Å². The lowest BCUT2D eigenvalue weighted by atomic mass is 9.93. The summed E-state index contributed by atoms with van der Waals surface area (Å²) in [5, 5.41) is 16.8. The lowest BCUT2D eigenvalue weighted by molar-refractivity contribution is -0.138. The first-order chi connectivity index (χ1) is 20.4. The predicted octanol–water partition coefficient (Wildman–Crippen LogP) is 6.49. The molecule has 2 amide bonds. The summed E-state index contributed by atoms with van der Waals surface area (Å²) in [6.45, 7) is 2.05. The Hall–Kier alpha value is -5.74. The Morgan fingerprint density at radius 3 is 2.36 bits per heavy atom. The van der Waals surface area contributed by atoms with E-state index in [1.165, 1.54) is 12.4 Å². The fourth-order valence-electron chi connectivity index (χ4n) is 5.07. The minimum absolute atomic E-state index is 0.0481. The van der Waals surface area contributed by atoms with Crippen LogP contribution in [0.5, 0.6) is 5.75 Å². The maximum absolute atomic E-state index is 13.1. The van der Waals surface area contributed by atoms with Gasteiger partial charge in [-0.2, -0.15) is 10.4 Å². The van der Waals surface area contributed by atoms with Gasteiger partial charge in [-0.25, -0.2) is 4.68 Å². The third-order valence-electron chi connectivity index (χ3n) is 7.41. The second-order valence-electron chi connectivity index (χ2n) is 10.0. The van der Waals surface area contributed by atoms with Crippen LogP contribution in [-0.4, -0.2) is 33.5 Å². The van der Waals surface area contributed by atoms with E-state index in [1.807, 2.05) is 85.1 Å². The van der Waals surface area contributed by atoms with E-state index < -0.39 is 11.8 Å². The van der Waals surface area contributed by atoms with Crippen LogP contribution in [0.15, 0.2) is 120 Å². The van der Waals surface area contributed by atoms with E-state index in [0.29, 0.717) is 29.2 Å². The summed E-state index contributed by atoms with van der Waals surface area (Å²) in [6, 6.07) is 33.7. The molecule has 0 aliphatic carbocycles. The molecule has 0 saturated carbocycles. The lowest BCUT2D eigenvalue weighted by Crippen LogP contribution is -2.39. The van der Waals surface area contributed by atoms with Gasteiger partial charge in [-0.05, 0) is 71.3 Å². The van der Waals surface area contributed by atoms with Gasteiger partial charge >= 0.3 is 0 Å². The lowest BCUT2D eigenvalue weighted by Gasteiger charge is -2.23. The van der Waals surface area contributed by atoms with Gasteiger partial charge in [0.05, 0.1) is 11.4 Å². The van der Waals surface area contributed by atoms with Crippen LogP contribution in [0.25, 0.3) is 33.8 Å². The first-order valence-corrected chi connectivity index (χ1v) is 13.4. The zero-order valence-electron chi connectivity index (χ0n) is 23.1. The average molecular weight is 551 g/mol. The Bertz CT molecular complexity index is 1940. The van der Waals surface area contributed by atoms with Crippen molar-refractivity contribution < 1.29 is 14.3 Å². The molecule has 0 atom stereocenters. The molecule has 5 aromatic rings. The van der Waals surface area contributed by atoms with Crippen molar-refractivity contribution in [1.29, 1.82) is 5.26 Å². The van der Waals surface area contributed by atoms with Crippen molar-refractivity contribution in [2.24, 2.45) is 0 Å². The molecule has 2 heterocycles. The average Bonchev–Trinajstić information content (AvgIpc) is 3.46. The number of fused-ring (bicyclic) bond motifs is 1. The van der Waals surface area contributed by atoms with Gasteiger partial charge in [-0.3, -0.25) is 14.5 Å². The summed E-state index contributed by atoms with van der Waals surface area (Å²) in [5.74, 6) is -0.349. The van der Waals surface area contributed by atoms with Crippen molar-refractivity contribution in [3.8, 4) is 28.8 Å². The number of carbonyl (C=O) groups is 2. The first-order valence-electron chi connectivity index (χ1n) is 13.4. The molecule has 7 heteroatoms. The Kier molecular flexibility index (Phi) is 6.95. The summed E-state index contributed by atoms with van der Waals surface area (Å²) < 4.78 is 7.88. The molecule has 1 aromatic heterocycles. The number of nitrogens with zero attached hydrogens (tertiary/aromatic N) is 4. The Morgan fingerprint density at radius 2 is 1.60 bits per heavy atom. The van der Waals surface area contributed by atoms with Crippen molar-refractivity contribution in [2.75, 3.05) is 7.05 Å². The van der Waals surface area contributed by atoms with Crippen molar-refractivity contribution >= 4 is 28.7 Å². The van der Waals surface area contributed by atoms with Gasteiger partial charge in [0.2, 0.25) is 0 Å². The van der Waals surface area contributed by atoms with Crippen molar-refractivity contribution in [2.45, 2.75) is 13.5 Å². The number of benzene rings is 4. The Balaban J connectivity index is 1.36. The molecule has 1 aliphatic heterocycles. The third-order valence-corrected chi connectivity index (χ3v) is 7.41. The van der Waals surface area contributed by atoms with E-state index >= 15 is 0 Å². The molecule has 0 bridgehead atoms. The summed E-state index contributed by atoms with van der Waals surface area (Å²) in [7, 11) is 1.38. The van der Waals surface area contributed by atoms with Gasteiger partial charge in [0, 0.05) is 29.9 Å². The maximum Gasteiger partial charge on any atom is 0.271 e. The van der Waals surface area contributed by atoms with Crippen molar-refractivity contribution in [3.05, 3.63) is 131 Å². The summed E-state index contributed by atoms with van der Waals surface area (Å²) in [6.07, 6.45) is 3.54. The predicted molar refractivity (Wildman–Crippen MR) is 161 cm³/mol. The molecule has 0 spiro atoms. The van der Waals surface area contributed by atoms with E-state index in [0.717, 1.165) is 27.1 Å². The van der Waals surface area contributed by atoms with Gasteiger partial charge in [-0.15, -0.1) is 0 Å². The molecular formula is C35H26N4O3. The summed E-state index contributed by atoms with van der Waals surface area (Å²) in [5.41, 5.74) is 4.67. The van der Waals surface area contributed by atoms with Crippen molar-refractivity contribution in [1.82, 2.24) is 14.7 Å². The Labute approximate surface area is 243 Å². The van der Waals surface area contributed by atoms with Crippen molar-refractivity contribution in [3.63, 3.8) is 0 Å². The van der Waals surface area contributed by atoms with E-state index in [-0.39, 0.29) is 11.1 Å². The summed E-state index contributed by atoms with van der Waals surface area (Å²) >= 11 is 0. The molecule has 7 nitrogen and oxygen atoms in total. The first kappa shape index (κ1) is 26.5. The van der Waals surface area contributed by atoms with Crippen LogP contribution in [-0.2, 0) is 16.2 Å². The zero-order valence-corrected chi connectivity index (χ0v) is 23.1. The molecule has 0 unspecified atom stereocenters. The fraction of sp³-hybridized carbons (Fsp3) is 0.0857. The van der Waals surface area contributed by atoms with Crippen LogP contribution in [0.1, 0.15) is 18.1 Å². The van der Waals surface area contributed by atoms with Crippen LogP contribution in [0, 0.1) is 11.3 Å². The molecule has 6 rings (SSSR count). The monoisotopic (exact) mass is 550 g/mol. The summed E-state index contributed by atoms with van der Waals surface area (Å²) in [4.78, 5) is 26.5. The van der Waals surface area contributed by atoms with E-state index in [1.54, 1.807) is 17.7 Å². The van der Waals surface area contributed by atoms with Crippen LogP contribution in [0.3, 0.4) is 0 Å². The van der Waals surface area contributed by atoms with Gasteiger partial charge in [0.25, 0.3) is 11.8 Å². The second kappa shape index (κ2) is 11.0. The highest BCUT2D eigenvalue weighted by molar-refractivity contribution is 6.19. The molecule has 1 aliphatic rings. The molecular weight excluding hydrogens is 524 g/mol. The number of para-hydroxylation sites is 1. The van der Waals surface area contributed by atoms with Gasteiger partial charge in [-0.1, -0.05) is 60.7 Å². The van der Waals surface area contributed by atoms with Crippen LogP contribution < -0.4 is 4.74 Å². The quantitative estimate of drug-likeness (QED) is 0.178. The number of hydrogen-bond donors (Lipinski definition) is 0. The zero-order chi connectivity index (χ0) is 29.2.